The molecule has 3 aliphatic rings. The van der Waals surface area contributed by atoms with Crippen LogP contribution in [0, 0.1) is 0 Å². The Hall–Kier alpha value is -1.73. The average molecular weight is 457 g/mol. The van der Waals surface area contributed by atoms with Crippen LogP contribution in [0.2, 0.25) is 0 Å². The number of nitrogens with one attached hydrogen (secondary N) is 1. The zero-order valence-electron chi connectivity index (χ0n) is 20.2. The number of carbonyl (C=O) groups is 1. The Morgan fingerprint density at radius 2 is 1.94 bits per heavy atom. The number of ether oxygens (including phenoxy) is 2. The molecule has 1 aliphatic carbocycles. The van der Waals surface area contributed by atoms with Crippen molar-refractivity contribution in [2.75, 3.05) is 27.2 Å². The fourth-order valence-corrected chi connectivity index (χ4v) is 5.41. The number of aliphatic hydroxyl groups is 1. The third-order valence-corrected chi connectivity index (χ3v) is 7.18. The summed E-state index contributed by atoms with van der Waals surface area (Å²) >= 11 is 0. The van der Waals surface area contributed by atoms with Crippen LogP contribution in [-0.2, 0) is 20.7 Å². The molecule has 5 atom stereocenters. The second-order valence-electron chi connectivity index (χ2n) is 10.1. The van der Waals surface area contributed by atoms with Crippen molar-refractivity contribution in [1.29, 1.82) is 0 Å². The van der Waals surface area contributed by atoms with E-state index in [1.165, 1.54) is 42.4 Å². The zero-order chi connectivity index (χ0) is 23.2. The Bertz CT molecular complexity index is 807. The van der Waals surface area contributed by atoms with E-state index in [9.17, 15) is 9.90 Å². The monoisotopic (exact) mass is 456 g/mol. The highest BCUT2D eigenvalue weighted by Gasteiger charge is 2.42. The standard InChI is InChI=1S/C27H40N2O4/c1-29(2)17-27(31)28-23-16-26-25(15-13-22(18-30)32-26)33-24(23)14-10-19-8-11-21(12-9-19)20-6-4-3-5-7-20/h6,8-9,11-12,22-26,30H,3-5,7,10,13-18H2,1-2H3,(H,28,31)/t22-,23+,24-,25+,26+/m1/s1. The van der Waals surface area contributed by atoms with Crippen molar-refractivity contribution < 1.29 is 19.4 Å². The van der Waals surface area contributed by atoms with E-state index in [0.717, 1.165) is 32.1 Å². The molecule has 2 fully saturated rings. The van der Waals surface area contributed by atoms with Gasteiger partial charge in [0, 0.05) is 0 Å². The quantitative estimate of drug-likeness (QED) is 0.628. The van der Waals surface area contributed by atoms with Gasteiger partial charge in [0.25, 0.3) is 0 Å². The number of hydrogen-bond acceptors (Lipinski definition) is 5. The molecule has 1 amide bonds. The van der Waals surface area contributed by atoms with Crippen LogP contribution in [-0.4, -0.2) is 73.6 Å². The number of likely N-dealkylation sites (N-methyl/N-ethyl adjacent to an activating group) is 1. The van der Waals surface area contributed by atoms with Crippen LogP contribution in [0.3, 0.4) is 0 Å². The topological polar surface area (TPSA) is 71.0 Å². The second kappa shape index (κ2) is 11.6. The van der Waals surface area contributed by atoms with Crippen molar-refractivity contribution in [3.05, 3.63) is 41.5 Å². The van der Waals surface area contributed by atoms with Crippen molar-refractivity contribution in [3.63, 3.8) is 0 Å². The van der Waals surface area contributed by atoms with Crippen LogP contribution in [0.5, 0.6) is 0 Å². The SMILES string of the molecule is CN(C)CC(=O)N[C@H]1C[C@@H]2O[C@@H](CO)CC[C@@H]2O[C@@H]1CCc1ccc(C2=CCCCC2)cc1. The first-order valence-corrected chi connectivity index (χ1v) is 12.7. The van der Waals surface area contributed by atoms with Gasteiger partial charge in [-0.2, -0.15) is 0 Å². The Morgan fingerprint density at radius 1 is 1.12 bits per heavy atom. The van der Waals surface area contributed by atoms with Gasteiger partial charge < -0.3 is 24.8 Å². The number of carbonyl (C=O) groups excluding carboxylic acids is 1. The number of rotatable bonds is 8. The van der Waals surface area contributed by atoms with Gasteiger partial charge in [0.1, 0.15) is 0 Å². The normalized spacial score (nSPS) is 29.9. The van der Waals surface area contributed by atoms with E-state index in [1.807, 2.05) is 19.0 Å². The zero-order valence-corrected chi connectivity index (χ0v) is 20.2. The number of aryl methyl sites for hydroxylation is 1. The molecule has 0 aromatic heterocycles. The van der Waals surface area contributed by atoms with Crippen molar-refractivity contribution in [1.82, 2.24) is 10.2 Å². The minimum absolute atomic E-state index is 0.0108. The first-order valence-electron chi connectivity index (χ1n) is 12.7. The molecule has 1 aromatic carbocycles. The number of aliphatic hydroxyl groups excluding tert-OH is 1. The highest BCUT2D eigenvalue weighted by atomic mass is 16.6. The van der Waals surface area contributed by atoms with Gasteiger partial charge in [-0.1, -0.05) is 30.3 Å². The highest BCUT2D eigenvalue weighted by Crippen LogP contribution is 2.33. The smallest absolute Gasteiger partial charge is 0.234 e. The molecule has 182 valence electrons. The Balaban J connectivity index is 1.38. The molecule has 2 N–H and O–H groups in total. The molecule has 2 saturated heterocycles. The summed E-state index contributed by atoms with van der Waals surface area (Å²) in [5.74, 6) is 0.0108. The second-order valence-corrected chi connectivity index (χ2v) is 10.1. The van der Waals surface area contributed by atoms with Gasteiger partial charge in [-0.15, -0.1) is 0 Å². The number of nitrogens with zero attached hydrogens (tertiary/aromatic N) is 1. The molecule has 33 heavy (non-hydrogen) atoms. The van der Waals surface area contributed by atoms with Gasteiger partial charge in [0.05, 0.1) is 43.6 Å². The molecule has 6 nitrogen and oxygen atoms in total. The first-order chi connectivity index (χ1) is 16.0. The van der Waals surface area contributed by atoms with Crippen molar-refractivity contribution in [2.24, 2.45) is 0 Å². The summed E-state index contributed by atoms with van der Waals surface area (Å²) in [5, 5.41) is 12.7. The van der Waals surface area contributed by atoms with E-state index >= 15 is 0 Å². The molecule has 2 aliphatic heterocycles. The predicted molar refractivity (Wildman–Crippen MR) is 130 cm³/mol. The summed E-state index contributed by atoms with van der Waals surface area (Å²) in [5.41, 5.74) is 4.14. The van der Waals surface area contributed by atoms with Crippen LogP contribution in [0.15, 0.2) is 30.3 Å². The van der Waals surface area contributed by atoms with Crippen molar-refractivity contribution >= 4 is 11.5 Å². The largest absolute Gasteiger partial charge is 0.394 e. The van der Waals surface area contributed by atoms with Crippen molar-refractivity contribution in [2.45, 2.75) is 88.2 Å². The summed E-state index contributed by atoms with van der Waals surface area (Å²) in [6.45, 7) is 0.395. The molecular formula is C27H40N2O4. The minimum Gasteiger partial charge on any atom is -0.394 e. The molecule has 0 radical (unpaired) electrons. The van der Waals surface area contributed by atoms with Gasteiger partial charge in [0.2, 0.25) is 5.91 Å². The van der Waals surface area contributed by atoms with E-state index in [0.29, 0.717) is 6.54 Å². The Morgan fingerprint density at radius 3 is 2.64 bits per heavy atom. The van der Waals surface area contributed by atoms with Gasteiger partial charge in [0.15, 0.2) is 0 Å². The summed E-state index contributed by atoms with van der Waals surface area (Å²) in [7, 11) is 3.79. The lowest BCUT2D eigenvalue weighted by Crippen LogP contribution is -2.58. The van der Waals surface area contributed by atoms with Gasteiger partial charge in [-0.05, 0) is 88.6 Å². The van der Waals surface area contributed by atoms with Crippen LogP contribution in [0.4, 0.5) is 0 Å². The maximum Gasteiger partial charge on any atom is 0.234 e. The van der Waals surface area contributed by atoms with E-state index in [4.69, 9.17) is 9.47 Å². The summed E-state index contributed by atoms with van der Waals surface area (Å²) in [6, 6.07) is 8.91. The Labute approximate surface area is 198 Å². The lowest BCUT2D eigenvalue weighted by Gasteiger charge is -2.45. The van der Waals surface area contributed by atoms with Crippen LogP contribution >= 0.6 is 0 Å². The molecule has 0 bridgehead atoms. The molecule has 6 heteroatoms. The summed E-state index contributed by atoms with van der Waals surface area (Å²) < 4.78 is 12.6. The predicted octanol–water partition coefficient (Wildman–Crippen LogP) is 3.32. The fraction of sp³-hybridized carbons (Fsp3) is 0.667. The first kappa shape index (κ1) is 24.4. The van der Waals surface area contributed by atoms with Crippen LogP contribution in [0.1, 0.15) is 62.5 Å². The third-order valence-electron chi connectivity index (χ3n) is 7.18. The molecule has 0 spiro atoms. The molecule has 4 rings (SSSR count). The number of hydrogen-bond donors (Lipinski definition) is 2. The van der Waals surface area contributed by atoms with E-state index in [2.05, 4.69) is 35.7 Å². The minimum atomic E-state index is -0.123. The fourth-order valence-electron chi connectivity index (χ4n) is 5.41. The Kier molecular flexibility index (Phi) is 8.58. The van der Waals surface area contributed by atoms with E-state index in [1.54, 1.807) is 0 Å². The summed E-state index contributed by atoms with van der Waals surface area (Å²) in [6.07, 6.45) is 11.4. The third kappa shape index (κ3) is 6.66. The van der Waals surface area contributed by atoms with Gasteiger partial charge >= 0.3 is 0 Å². The van der Waals surface area contributed by atoms with Crippen LogP contribution < -0.4 is 5.32 Å². The summed E-state index contributed by atoms with van der Waals surface area (Å²) in [4.78, 5) is 14.4. The molecular weight excluding hydrogens is 416 g/mol. The maximum absolute atomic E-state index is 12.5. The lowest BCUT2D eigenvalue weighted by molar-refractivity contribution is -0.202. The van der Waals surface area contributed by atoms with Gasteiger partial charge in [-0.3, -0.25) is 4.79 Å². The molecule has 2 heterocycles. The maximum atomic E-state index is 12.5. The molecule has 0 saturated carbocycles. The number of amides is 1. The van der Waals surface area contributed by atoms with Gasteiger partial charge in [-0.25, -0.2) is 0 Å². The van der Waals surface area contributed by atoms with E-state index in [-0.39, 0.29) is 43.0 Å². The van der Waals surface area contributed by atoms with E-state index < -0.39 is 0 Å². The molecule has 1 aromatic rings. The average Bonchev–Trinajstić information content (AvgIpc) is 2.82. The number of fused-ring (bicyclic) bond motifs is 1. The number of allylic oxidation sites excluding steroid dienone is 2. The van der Waals surface area contributed by atoms with Crippen molar-refractivity contribution in [3.8, 4) is 0 Å². The lowest BCUT2D eigenvalue weighted by atomic mass is 9.88. The van der Waals surface area contributed by atoms with Crippen LogP contribution in [0.25, 0.3) is 5.57 Å². The number of benzene rings is 1. The highest BCUT2D eigenvalue weighted by molar-refractivity contribution is 5.78. The molecule has 0 unspecified atom stereocenters.